The van der Waals surface area contributed by atoms with E-state index in [1.54, 1.807) is 12.4 Å². The van der Waals surface area contributed by atoms with Crippen LogP contribution in [0, 0.1) is 0 Å². The third-order valence-corrected chi connectivity index (χ3v) is 3.58. The molecular weight excluding hydrogens is 286 g/mol. The topological polar surface area (TPSA) is 58.9 Å². The number of hydrogen-bond acceptors (Lipinski definition) is 4. The fraction of sp³-hybridized carbons (Fsp3) is 0.421. The summed E-state index contributed by atoms with van der Waals surface area (Å²) in [5.41, 5.74) is 2.26. The molecule has 2 rings (SSSR count). The molecule has 0 aromatic carbocycles. The van der Waals surface area contributed by atoms with Crippen LogP contribution in [0.4, 0.5) is 0 Å². The van der Waals surface area contributed by atoms with Gasteiger partial charge >= 0.3 is 0 Å². The van der Waals surface area contributed by atoms with Crippen LogP contribution in [0.3, 0.4) is 0 Å². The average Bonchev–Trinajstić information content (AvgIpc) is 2.45. The lowest BCUT2D eigenvalue weighted by molar-refractivity contribution is 0.406. The molecule has 0 saturated heterocycles. The van der Waals surface area contributed by atoms with Crippen molar-refractivity contribution in [2.75, 3.05) is 0 Å². The van der Waals surface area contributed by atoms with Crippen molar-refractivity contribution < 1.29 is 5.11 Å². The summed E-state index contributed by atoms with van der Waals surface area (Å²) in [6, 6.07) is 3.79. The van der Waals surface area contributed by atoms with E-state index in [2.05, 4.69) is 21.5 Å². The van der Waals surface area contributed by atoms with Crippen LogP contribution in [0.5, 0.6) is 5.75 Å². The number of hydrogen-bond donors (Lipinski definition) is 1. The van der Waals surface area contributed by atoms with Crippen LogP contribution in [0.1, 0.15) is 64.3 Å². The highest BCUT2D eigenvalue weighted by atomic mass is 16.3. The number of nitrogens with zero attached hydrogens (tertiary/aromatic N) is 3. The van der Waals surface area contributed by atoms with Crippen LogP contribution in [0.25, 0.3) is 5.57 Å². The lowest BCUT2D eigenvalue weighted by Gasteiger charge is -2.26. The van der Waals surface area contributed by atoms with E-state index >= 15 is 0 Å². The molecule has 0 aliphatic heterocycles. The molecule has 0 spiro atoms. The van der Waals surface area contributed by atoms with Gasteiger partial charge in [0.2, 0.25) is 0 Å². The standard InChI is InChI=1S/C19H25N3O/c1-12(13-9-8-10-20-11-13)17-21-15(18(2,3)4)14(23)16(22-17)19(5,6)7/h8-11,23H,1H2,2-7H3. The quantitative estimate of drug-likeness (QED) is 0.901. The van der Waals surface area contributed by atoms with Gasteiger partial charge in [0.25, 0.3) is 0 Å². The van der Waals surface area contributed by atoms with E-state index in [1.165, 1.54) is 0 Å². The fourth-order valence-electron chi connectivity index (χ4n) is 2.31. The third kappa shape index (κ3) is 3.58. The highest BCUT2D eigenvalue weighted by Gasteiger charge is 2.29. The van der Waals surface area contributed by atoms with E-state index in [-0.39, 0.29) is 16.6 Å². The van der Waals surface area contributed by atoms with Crippen LogP contribution >= 0.6 is 0 Å². The normalized spacial score (nSPS) is 12.3. The van der Waals surface area contributed by atoms with Gasteiger partial charge in [0.1, 0.15) is 0 Å². The van der Waals surface area contributed by atoms with Gasteiger partial charge in [-0.3, -0.25) is 4.98 Å². The maximum atomic E-state index is 10.7. The summed E-state index contributed by atoms with van der Waals surface area (Å²) in [6.07, 6.45) is 3.46. The summed E-state index contributed by atoms with van der Waals surface area (Å²) in [5, 5.41) is 10.7. The van der Waals surface area contributed by atoms with Gasteiger partial charge in [-0.2, -0.15) is 0 Å². The Morgan fingerprint density at radius 3 is 1.91 bits per heavy atom. The molecule has 0 bridgehead atoms. The second kappa shape index (κ2) is 5.76. The highest BCUT2D eigenvalue weighted by Crippen LogP contribution is 2.37. The largest absolute Gasteiger partial charge is 0.504 e. The predicted octanol–water partition coefficient (Wildman–Crippen LogP) is 4.23. The Labute approximate surface area is 138 Å². The van der Waals surface area contributed by atoms with Crippen LogP contribution in [-0.4, -0.2) is 20.1 Å². The van der Waals surface area contributed by atoms with Gasteiger partial charge in [-0.25, -0.2) is 9.97 Å². The lowest BCUT2D eigenvalue weighted by atomic mass is 9.85. The summed E-state index contributed by atoms with van der Waals surface area (Å²) < 4.78 is 0. The van der Waals surface area contributed by atoms with Gasteiger partial charge in [0.05, 0.1) is 11.4 Å². The van der Waals surface area contributed by atoms with Crippen molar-refractivity contribution in [3.63, 3.8) is 0 Å². The summed E-state index contributed by atoms with van der Waals surface area (Å²) in [4.78, 5) is 13.3. The molecule has 0 aliphatic carbocycles. The first-order valence-electron chi connectivity index (χ1n) is 7.73. The van der Waals surface area contributed by atoms with E-state index in [0.29, 0.717) is 22.8 Å². The summed E-state index contributed by atoms with van der Waals surface area (Å²) in [7, 11) is 0. The first kappa shape index (κ1) is 17.1. The molecule has 23 heavy (non-hydrogen) atoms. The Kier molecular flexibility index (Phi) is 4.29. The minimum atomic E-state index is -0.295. The van der Waals surface area contributed by atoms with Crippen molar-refractivity contribution in [2.45, 2.75) is 52.4 Å². The zero-order valence-corrected chi connectivity index (χ0v) is 14.8. The Bertz CT molecular complexity index is 688. The molecule has 0 amide bonds. The van der Waals surface area contributed by atoms with Crippen molar-refractivity contribution in [3.05, 3.63) is 53.9 Å². The zero-order chi connectivity index (χ0) is 17.4. The molecular formula is C19H25N3O. The van der Waals surface area contributed by atoms with E-state index in [1.807, 2.05) is 53.7 Å². The second-order valence-electron chi connectivity index (χ2n) is 7.81. The van der Waals surface area contributed by atoms with Crippen LogP contribution in [-0.2, 0) is 10.8 Å². The number of rotatable bonds is 2. The third-order valence-electron chi connectivity index (χ3n) is 3.58. The molecule has 4 heteroatoms. The first-order chi connectivity index (χ1) is 10.5. The smallest absolute Gasteiger partial charge is 0.160 e. The van der Waals surface area contributed by atoms with Gasteiger partial charge in [-0.1, -0.05) is 54.2 Å². The Morgan fingerprint density at radius 2 is 1.52 bits per heavy atom. The molecule has 0 aliphatic rings. The van der Waals surface area contributed by atoms with Gasteiger partial charge in [0, 0.05) is 34.4 Å². The molecule has 0 radical (unpaired) electrons. The molecule has 1 N–H and O–H groups in total. The van der Waals surface area contributed by atoms with Crippen LogP contribution in [0.2, 0.25) is 0 Å². The van der Waals surface area contributed by atoms with Gasteiger partial charge in [-0.05, 0) is 6.07 Å². The van der Waals surface area contributed by atoms with Crippen molar-refractivity contribution in [3.8, 4) is 5.75 Å². The average molecular weight is 311 g/mol. The van der Waals surface area contributed by atoms with Crippen molar-refractivity contribution >= 4 is 5.57 Å². The molecule has 2 aromatic heterocycles. The van der Waals surface area contributed by atoms with E-state index in [4.69, 9.17) is 0 Å². The molecule has 0 fully saturated rings. The maximum absolute atomic E-state index is 10.7. The first-order valence-corrected chi connectivity index (χ1v) is 7.73. The number of aromatic nitrogens is 3. The Balaban J connectivity index is 2.68. The van der Waals surface area contributed by atoms with Crippen molar-refractivity contribution in [1.29, 1.82) is 0 Å². The minimum absolute atomic E-state index is 0.174. The van der Waals surface area contributed by atoms with Crippen molar-refractivity contribution in [2.24, 2.45) is 0 Å². The van der Waals surface area contributed by atoms with Crippen LogP contribution < -0.4 is 0 Å². The monoisotopic (exact) mass is 311 g/mol. The number of pyridine rings is 1. The van der Waals surface area contributed by atoms with E-state index in [0.717, 1.165) is 5.56 Å². The number of aromatic hydroxyl groups is 1. The molecule has 2 aromatic rings. The molecule has 0 saturated carbocycles. The molecule has 0 unspecified atom stereocenters. The van der Waals surface area contributed by atoms with E-state index < -0.39 is 0 Å². The fourth-order valence-corrected chi connectivity index (χ4v) is 2.31. The second-order valence-corrected chi connectivity index (χ2v) is 7.81. The van der Waals surface area contributed by atoms with Gasteiger partial charge < -0.3 is 5.11 Å². The van der Waals surface area contributed by atoms with Crippen LogP contribution in [0.15, 0.2) is 31.1 Å². The molecule has 4 nitrogen and oxygen atoms in total. The van der Waals surface area contributed by atoms with Crippen molar-refractivity contribution in [1.82, 2.24) is 15.0 Å². The molecule has 0 atom stereocenters. The minimum Gasteiger partial charge on any atom is -0.504 e. The van der Waals surface area contributed by atoms with Gasteiger partial charge in [0.15, 0.2) is 11.6 Å². The maximum Gasteiger partial charge on any atom is 0.160 e. The molecule has 2 heterocycles. The lowest BCUT2D eigenvalue weighted by Crippen LogP contribution is -2.22. The Morgan fingerprint density at radius 1 is 1.00 bits per heavy atom. The van der Waals surface area contributed by atoms with E-state index in [9.17, 15) is 5.11 Å². The highest BCUT2D eigenvalue weighted by molar-refractivity contribution is 5.74. The summed E-state index contributed by atoms with van der Waals surface area (Å²) in [5.74, 6) is 0.707. The predicted molar refractivity (Wildman–Crippen MR) is 93.5 cm³/mol. The summed E-state index contributed by atoms with van der Waals surface area (Å²) in [6.45, 7) is 16.3. The zero-order valence-electron chi connectivity index (χ0n) is 14.8. The summed E-state index contributed by atoms with van der Waals surface area (Å²) >= 11 is 0. The van der Waals surface area contributed by atoms with Gasteiger partial charge in [-0.15, -0.1) is 0 Å². The Hall–Kier alpha value is -2.23. The SMILES string of the molecule is C=C(c1cccnc1)c1nc(C(C)(C)C)c(O)c(C(C)(C)C)n1. The molecule has 122 valence electrons.